The van der Waals surface area contributed by atoms with Crippen LogP contribution in [0.25, 0.3) is 0 Å². The number of halogens is 2. The van der Waals surface area contributed by atoms with E-state index in [4.69, 9.17) is 0 Å². The quantitative estimate of drug-likeness (QED) is 0.901. The van der Waals surface area contributed by atoms with E-state index in [1.807, 2.05) is 0 Å². The van der Waals surface area contributed by atoms with Crippen LogP contribution >= 0.6 is 0 Å². The first kappa shape index (κ1) is 14.7. The minimum Gasteiger partial charge on any atom is -0.355 e. The highest BCUT2D eigenvalue weighted by atomic mass is 19.1. The Morgan fingerprint density at radius 3 is 2.05 bits per heavy atom. The molecule has 4 heteroatoms. The van der Waals surface area contributed by atoms with Gasteiger partial charge in [0.1, 0.15) is 11.6 Å². The maximum Gasteiger partial charge on any atom is 0.230 e. The van der Waals surface area contributed by atoms with E-state index in [1.54, 1.807) is 24.3 Å². The number of carbonyl (C=O) groups excluding carboxylic acids is 1. The van der Waals surface area contributed by atoms with Crippen molar-refractivity contribution in [3.63, 3.8) is 0 Å². The fourth-order valence-electron chi connectivity index (χ4n) is 2.68. The van der Waals surface area contributed by atoms with Crippen LogP contribution in [0.4, 0.5) is 8.78 Å². The van der Waals surface area contributed by atoms with E-state index in [1.165, 1.54) is 24.3 Å². The van der Waals surface area contributed by atoms with Crippen LogP contribution in [0.1, 0.15) is 24.0 Å². The van der Waals surface area contributed by atoms with Crippen molar-refractivity contribution in [3.05, 3.63) is 71.3 Å². The molecule has 3 rings (SSSR count). The first-order valence-electron chi connectivity index (χ1n) is 7.39. The van der Waals surface area contributed by atoms with Crippen LogP contribution in [0.2, 0.25) is 0 Å². The third-order valence-electron chi connectivity index (χ3n) is 4.19. The Hall–Kier alpha value is -2.23. The highest BCUT2D eigenvalue weighted by Gasteiger charge is 2.50. The Morgan fingerprint density at radius 2 is 1.50 bits per heavy atom. The van der Waals surface area contributed by atoms with Gasteiger partial charge in [0.15, 0.2) is 0 Å². The molecule has 0 bridgehead atoms. The van der Waals surface area contributed by atoms with Crippen LogP contribution in [0.3, 0.4) is 0 Å². The van der Waals surface area contributed by atoms with Gasteiger partial charge < -0.3 is 5.32 Å². The number of carbonyl (C=O) groups is 1. The van der Waals surface area contributed by atoms with E-state index in [0.717, 1.165) is 24.0 Å². The molecule has 0 saturated heterocycles. The molecule has 0 atom stereocenters. The molecule has 1 aliphatic rings. The molecule has 1 fully saturated rings. The maximum absolute atomic E-state index is 13.0. The average molecular weight is 301 g/mol. The first-order chi connectivity index (χ1) is 10.6. The van der Waals surface area contributed by atoms with Crippen molar-refractivity contribution in [2.75, 3.05) is 6.54 Å². The van der Waals surface area contributed by atoms with E-state index in [-0.39, 0.29) is 17.5 Å². The SMILES string of the molecule is O=C(NCCc1ccc(F)cc1)C1(c2ccc(F)cc2)CC1. The third-order valence-corrected chi connectivity index (χ3v) is 4.19. The second kappa shape index (κ2) is 5.87. The molecule has 2 aromatic carbocycles. The van der Waals surface area contributed by atoms with Gasteiger partial charge in [0.25, 0.3) is 0 Å². The van der Waals surface area contributed by atoms with Crippen LogP contribution in [0, 0.1) is 11.6 Å². The number of hydrogen-bond donors (Lipinski definition) is 1. The van der Waals surface area contributed by atoms with E-state index in [9.17, 15) is 13.6 Å². The van der Waals surface area contributed by atoms with Crippen LogP contribution in [-0.2, 0) is 16.6 Å². The molecule has 1 N–H and O–H groups in total. The summed E-state index contributed by atoms with van der Waals surface area (Å²) in [4.78, 5) is 12.4. The van der Waals surface area contributed by atoms with Crippen LogP contribution in [-0.4, -0.2) is 12.5 Å². The Morgan fingerprint density at radius 1 is 0.955 bits per heavy atom. The van der Waals surface area contributed by atoms with E-state index in [2.05, 4.69) is 5.32 Å². The summed E-state index contributed by atoms with van der Waals surface area (Å²) in [5, 5.41) is 2.94. The van der Waals surface area contributed by atoms with E-state index < -0.39 is 5.41 Å². The summed E-state index contributed by atoms with van der Waals surface area (Å²) < 4.78 is 25.8. The highest BCUT2D eigenvalue weighted by molar-refractivity contribution is 5.91. The monoisotopic (exact) mass is 301 g/mol. The topological polar surface area (TPSA) is 29.1 Å². The minimum atomic E-state index is -0.490. The number of benzene rings is 2. The van der Waals surface area contributed by atoms with Gasteiger partial charge in [-0.3, -0.25) is 4.79 Å². The highest BCUT2D eigenvalue weighted by Crippen LogP contribution is 2.48. The standard InChI is InChI=1S/C18H17F2NO/c19-15-5-1-13(2-6-15)9-12-21-17(22)18(10-11-18)14-3-7-16(20)8-4-14/h1-8H,9-12H2,(H,21,22). The lowest BCUT2D eigenvalue weighted by atomic mass is 9.95. The first-order valence-corrected chi connectivity index (χ1v) is 7.39. The fraction of sp³-hybridized carbons (Fsp3) is 0.278. The molecule has 1 saturated carbocycles. The molecular weight excluding hydrogens is 284 g/mol. The van der Waals surface area contributed by atoms with Gasteiger partial charge in [-0.1, -0.05) is 24.3 Å². The van der Waals surface area contributed by atoms with Crippen molar-refractivity contribution in [2.24, 2.45) is 0 Å². The Labute approximate surface area is 128 Å². The van der Waals surface area contributed by atoms with Gasteiger partial charge in [0, 0.05) is 6.54 Å². The third kappa shape index (κ3) is 3.01. The second-order valence-corrected chi connectivity index (χ2v) is 5.72. The Kier molecular flexibility index (Phi) is 3.92. The molecule has 0 aromatic heterocycles. The number of amides is 1. The predicted octanol–water partition coefficient (Wildman–Crippen LogP) is 3.36. The molecule has 22 heavy (non-hydrogen) atoms. The summed E-state index contributed by atoms with van der Waals surface area (Å²) in [6.45, 7) is 0.507. The summed E-state index contributed by atoms with van der Waals surface area (Å²) >= 11 is 0. The molecule has 0 unspecified atom stereocenters. The van der Waals surface area contributed by atoms with Crippen molar-refractivity contribution in [3.8, 4) is 0 Å². The molecule has 1 aliphatic carbocycles. The van der Waals surface area contributed by atoms with Crippen LogP contribution < -0.4 is 5.32 Å². The van der Waals surface area contributed by atoms with Gasteiger partial charge in [-0.15, -0.1) is 0 Å². The molecule has 0 radical (unpaired) electrons. The molecular formula is C18H17F2NO. The second-order valence-electron chi connectivity index (χ2n) is 5.72. The predicted molar refractivity (Wildman–Crippen MR) is 80.4 cm³/mol. The largest absolute Gasteiger partial charge is 0.355 e. The van der Waals surface area contributed by atoms with Crippen molar-refractivity contribution in [2.45, 2.75) is 24.7 Å². The van der Waals surface area contributed by atoms with Gasteiger partial charge in [-0.05, 0) is 54.7 Å². The summed E-state index contributed by atoms with van der Waals surface area (Å²) in [6.07, 6.45) is 2.24. The lowest BCUT2D eigenvalue weighted by Crippen LogP contribution is -2.35. The normalized spacial score (nSPS) is 15.4. The number of nitrogens with one attached hydrogen (secondary N) is 1. The van der Waals surface area contributed by atoms with Crippen molar-refractivity contribution >= 4 is 5.91 Å². The molecule has 2 aromatic rings. The zero-order chi connectivity index (χ0) is 15.6. The smallest absolute Gasteiger partial charge is 0.230 e. The van der Waals surface area contributed by atoms with Gasteiger partial charge in [0.05, 0.1) is 5.41 Å². The van der Waals surface area contributed by atoms with E-state index in [0.29, 0.717) is 13.0 Å². The van der Waals surface area contributed by atoms with Crippen molar-refractivity contribution < 1.29 is 13.6 Å². The maximum atomic E-state index is 13.0. The molecule has 114 valence electrons. The summed E-state index contributed by atoms with van der Waals surface area (Å²) in [5.41, 5.74) is 1.36. The lowest BCUT2D eigenvalue weighted by molar-refractivity contribution is -0.123. The van der Waals surface area contributed by atoms with E-state index >= 15 is 0 Å². The van der Waals surface area contributed by atoms with Crippen LogP contribution in [0.15, 0.2) is 48.5 Å². The Bertz CT molecular complexity index is 660. The summed E-state index contributed by atoms with van der Waals surface area (Å²) in [6, 6.07) is 12.4. The molecule has 2 nitrogen and oxygen atoms in total. The zero-order valence-corrected chi connectivity index (χ0v) is 12.1. The van der Waals surface area contributed by atoms with Crippen molar-refractivity contribution in [1.82, 2.24) is 5.32 Å². The molecule has 0 spiro atoms. The molecule has 1 amide bonds. The Balaban J connectivity index is 1.57. The summed E-state index contributed by atoms with van der Waals surface area (Å²) in [7, 11) is 0. The number of hydrogen-bond acceptors (Lipinski definition) is 1. The zero-order valence-electron chi connectivity index (χ0n) is 12.1. The molecule has 0 aliphatic heterocycles. The fourth-order valence-corrected chi connectivity index (χ4v) is 2.68. The lowest BCUT2D eigenvalue weighted by Gasteiger charge is -2.15. The van der Waals surface area contributed by atoms with Gasteiger partial charge in [-0.2, -0.15) is 0 Å². The van der Waals surface area contributed by atoms with Crippen molar-refractivity contribution in [1.29, 1.82) is 0 Å². The number of rotatable bonds is 5. The average Bonchev–Trinajstić information content (AvgIpc) is 3.32. The molecule has 0 heterocycles. The van der Waals surface area contributed by atoms with Gasteiger partial charge >= 0.3 is 0 Å². The van der Waals surface area contributed by atoms with Gasteiger partial charge in [0.2, 0.25) is 5.91 Å². The van der Waals surface area contributed by atoms with Crippen LogP contribution in [0.5, 0.6) is 0 Å². The van der Waals surface area contributed by atoms with Gasteiger partial charge in [-0.25, -0.2) is 8.78 Å². The summed E-state index contributed by atoms with van der Waals surface area (Å²) in [5.74, 6) is -0.571. The minimum absolute atomic E-state index is 0.0128.